The van der Waals surface area contributed by atoms with E-state index in [2.05, 4.69) is 30.9 Å². The SMILES string of the molecule is CCc1n[nH]c(C)c1-c1ccc(NC(=O)[C@@H](NC(=O)c2ccnn2C(C)C)C(C2CCCCC2)C2CCCCC2)nc1F. The number of amides is 2. The normalized spacial score (nSPS) is 17.4. The van der Waals surface area contributed by atoms with Crippen LogP contribution >= 0.6 is 0 Å². The number of hydrogen-bond donors (Lipinski definition) is 3. The Kier molecular flexibility index (Phi) is 9.93. The van der Waals surface area contributed by atoms with Crippen LogP contribution in [-0.2, 0) is 11.2 Å². The molecule has 43 heavy (non-hydrogen) atoms. The fourth-order valence-corrected chi connectivity index (χ4v) is 7.41. The molecule has 5 rings (SSSR count). The Balaban J connectivity index is 1.46. The van der Waals surface area contributed by atoms with Crippen LogP contribution in [0.1, 0.15) is 113 Å². The van der Waals surface area contributed by atoms with Gasteiger partial charge in [-0.2, -0.15) is 14.6 Å². The van der Waals surface area contributed by atoms with Crippen LogP contribution in [0.5, 0.6) is 0 Å². The van der Waals surface area contributed by atoms with E-state index in [1.165, 1.54) is 12.8 Å². The number of aromatic nitrogens is 5. The first-order valence-electron chi connectivity index (χ1n) is 16.1. The van der Waals surface area contributed by atoms with Crippen molar-refractivity contribution in [1.82, 2.24) is 30.3 Å². The van der Waals surface area contributed by atoms with Crippen LogP contribution in [0, 0.1) is 30.6 Å². The van der Waals surface area contributed by atoms with Crippen LogP contribution in [0.25, 0.3) is 11.1 Å². The van der Waals surface area contributed by atoms with E-state index in [0.29, 0.717) is 35.1 Å². The maximum Gasteiger partial charge on any atom is 0.270 e. The molecule has 0 spiro atoms. The molecule has 1 atom stereocenters. The van der Waals surface area contributed by atoms with Crippen molar-refractivity contribution in [1.29, 1.82) is 0 Å². The molecule has 3 N–H and O–H groups in total. The minimum absolute atomic E-state index is 0.00621. The summed E-state index contributed by atoms with van der Waals surface area (Å²) in [6, 6.07) is 4.18. The van der Waals surface area contributed by atoms with Gasteiger partial charge in [0.2, 0.25) is 11.9 Å². The average Bonchev–Trinajstić information content (AvgIpc) is 3.65. The first kappa shape index (κ1) is 30.9. The van der Waals surface area contributed by atoms with E-state index in [1.807, 2.05) is 27.7 Å². The van der Waals surface area contributed by atoms with E-state index in [1.54, 1.807) is 29.1 Å². The zero-order valence-electron chi connectivity index (χ0n) is 26.0. The summed E-state index contributed by atoms with van der Waals surface area (Å²) in [6.45, 7) is 7.76. The second-order valence-corrected chi connectivity index (χ2v) is 12.6. The number of hydrogen-bond acceptors (Lipinski definition) is 5. The fraction of sp³-hybridized carbons (Fsp3) is 0.606. The Bertz CT molecular complexity index is 1380. The molecule has 0 aliphatic heterocycles. The maximum atomic E-state index is 15.4. The van der Waals surface area contributed by atoms with Crippen LogP contribution in [0.3, 0.4) is 0 Å². The van der Waals surface area contributed by atoms with Crippen molar-refractivity contribution in [3.63, 3.8) is 0 Å². The van der Waals surface area contributed by atoms with Crippen LogP contribution in [-0.4, -0.2) is 42.8 Å². The molecule has 2 fully saturated rings. The molecule has 2 saturated carbocycles. The molecule has 3 heterocycles. The summed E-state index contributed by atoms with van der Waals surface area (Å²) in [6.07, 6.45) is 13.4. The van der Waals surface area contributed by atoms with Gasteiger partial charge < -0.3 is 10.6 Å². The number of pyridine rings is 1. The second-order valence-electron chi connectivity index (χ2n) is 12.6. The summed E-state index contributed by atoms with van der Waals surface area (Å²) in [5, 5.41) is 17.6. The highest BCUT2D eigenvalue weighted by molar-refractivity contribution is 6.00. The van der Waals surface area contributed by atoms with E-state index >= 15 is 4.39 Å². The van der Waals surface area contributed by atoms with Gasteiger partial charge in [0, 0.05) is 29.1 Å². The molecule has 2 aliphatic rings. The molecular formula is C33H46FN7O2. The zero-order valence-corrected chi connectivity index (χ0v) is 26.0. The third-order valence-electron chi connectivity index (χ3n) is 9.46. The predicted octanol–water partition coefficient (Wildman–Crippen LogP) is 6.77. The standard InChI is InChI=1S/C33H46FN7O2/c1-5-25-28(21(4)39-40-25)24-16-17-27(36-31(24)34)37-33(43)30(38-32(42)26-18-19-35-41(26)20(2)3)29(22-12-8-6-9-13-22)23-14-10-7-11-15-23/h16-20,22-23,29-30H,5-15H2,1-4H3,(H,38,42)(H,39,40)(H,36,37,43)/t30-/m0/s1. The average molecular weight is 592 g/mol. The van der Waals surface area contributed by atoms with Gasteiger partial charge in [0.05, 0.1) is 5.69 Å². The van der Waals surface area contributed by atoms with Gasteiger partial charge in [-0.25, -0.2) is 4.98 Å². The first-order chi connectivity index (χ1) is 20.8. The predicted molar refractivity (Wildman–Crippen MR) is 165 cm³/mol. The number of H-pyrrole nitrogens is 1. The molecule has 9 nitrogen and oxygen atoms in total. The van der Waals surface area contributed by atoms with Crippen LogP contribution in [0.15, 0.2) is 24.4 Å². The molecule has 2 amide bonds. The van der Waals surface area contributed by atoms with E-state index in [-0.39, 0.29) is 29.6 Å². The fourth-order valence-electron chi connectivity index (χ4n) is 7.41. The summed E-state index contributed by atoms with van der Waals surface area (Å²) >= 11 is 0. The molecule has 0 radical (unpaired) electrons. The van der Waals surface area contributed by atoms with Gasteiger partial charge in [-0.05, 0) is 63.1 Å². The van der Waals surface area contributed by atoms with Crippen molar-refractivity contribution in [3.05, 3.63) is 47.4 Å². The quantitative estimate of drug-likeness (QED) is 0.225. The number of rotatable bonds is 10. The van der Waals surface area contributed by atoms with E-state index in [4.69, 9.17) is 0 Å². The van der Waals surface area contributed by atoms with Crippen molar-refractivity contribution >= 4 is 17.6 Å². The molecule has 0 saturated heterocycles. The van der Waals surface area contributed by atoms with Crippen molar-refractivity contribution in [3.8, 4) is 11.1 Å². The summed E-state index contributed by atoms with van der Waals surface area (Å²) in [5.41, 5.74) is 3.00. The van der Waals surface area contributed by atoms with Crippen molar-refractivity contribution < 1.29 is 14.0 Å². The molecule has 10 heteroatoms. The van der Waals surface area contributed by atoms with Crippen LogP contribution < -0.4 is 10.6 Å². The number of nitrogens with zero attached hydrogens (tertiary/aromatic N) is 4. The number of halogens is 1. The highest BCUT2D eigenvalue weighted by Gasteiger charge is 2.41. The highest BCUT2D eigenvalue weighted by Crippen LogP contribution is 2.42. The minimum atomic E-state index is -0.776. The molecule has 2 aliphatic carbocycles. The molecule has 3 aromatic heterocycles. The number of carbonyl (C=O) groups is 2. The molecule has 0 bridgehead atoms. The number of anilines is 1. The van der Waals surface area contributed by atoms with Gasteiger partial charge in [-0.3, -0.25) is 19.4 Å². The summed E-state index contributed by atoms with van der Waals surface area (Å²) < 4.78 is 17.1. The van der Waals surface area contributed by atoms with E-state index < -0.39 is 12.0 Å². The van der Waals surface area contributed by atoms with Crippen LogP contribution in [0.4, 0.5) is 10.2 Å². The number of carbonyl (C=O) groups excluding carboxylic acids is 2. The molecule has 232 valence electrons. The minimum Gasteiger partial charge on any atom is -0.339 e. The van der Waals surface area contributed by atoms with Gasteiger partial charge >= 0.3 is 0 Å². The third kappa shape index (κ3) is 6.83. The second kappa shape index (κ2) is 13.8. The first-order valence-corrected chi connectivity index (χ1v) is 16.1. The zero-order chi connectivity index (χ0) is 30.5. The van der Waals surface area contributed by atoms with Crippen LogP contribution in [0.2, 0.25) is 0 Å². The van der Waals surface area contributed by atoms with Gasteiger partial charge in [0.1, 0.15) is 17.6 Å². The summed E-state index contributed by atoms with van der Waals surface area (Å²) in [5.74, 6) is -0.543. The topological polar surface area (TPSA) is 118 Å². The van der Waals surface area contributed by atoms with Gasteiger partial charge in [-0.1, -0.05) is 71.1 Å². The van der Waals surface area contributed by atoms with Gasteiger partial charge in [-0.15, -0.1) is 0 Å². The maximum absolute atomic E-state index is 15.4. The molecule has 0 unspecified atom stereocenters. The van der Waals surface area contributed by atoms with E-state index in [0.717, 1.165) is 62.8 Å². The lowest BCUT2D eigenvalue weighted by atomic mass is 9.66. The Morgan fingerprint density at radius 2 is 1.67 bits per heavy atom. The lowest BCUT2D eigenvalue weighted by molar-refractivity contribution is -0.121. The third-order valence-corrected chi connectivity index (χ3v) is 9.46. The summed E-state index contributed by atoms with van der Waals surface area (Å²) in [7, 11) is 0. The number of aryl methyl sites for hydroxylation is 2. The Morgan fingerprint density at radius 1 is 1.02 bits per heavy atom. The Labute approximate surface area is 253 Å². The van der Waals surface area contributed by atoms with Gasteiger partial charge in [0.15, 0.2) is 0 Å². The molecular weight excluding hydrogens is 545 g/mol. The van der Waals surface area contributed by atoms with Crippen molar-refractivity contribution in [2.45, 2.75) is 110 Å². The summed E-state index contributed by atoms with van der Waals surface area (Å²) in [4.78, 5) is 32.1. The van der Waals surface area contributed by atoms with Gasteiger partial charge in [0.25, 0.3) is 5.91 Å². The smallest absolute Gasteiger partial charge is 0.270 e. The largest absolute Gasteiger partial charge is 0.339 e. The Morgan fingerprint density at radius 3 is 2.26 bits per heavy atom. The highest BCUT2D eigenvalue weighted by atomic mass is 19.1. The van der Waals surface area contributed by atoms with Crippen molar-refractivity contribution in [2.75, 3.05) is 5.32 Å². The molecule has 3 aromatic rings. The van der Waals surface area contributed by atoms with Crippen molar-refractivity contribution in [2.24, 2.45) is 17.8 Å². The Hall–Kier alpha value is -3.56. The lowest BCUT2D eigenvalue weighted by Crippen LogP contribution is -2.53. The van der Waals surface area contributed by atoms with E-state index in [9.17, 15) is 9.59 Å². The number of nitrogens with one attached hydrogen (secondary N) is 3. The monoisotopic (exact) mass is 591 g/mol. The number of aromatic amines is 1. The molecule has 0 aromatic carbocycles. The lowest BCUT2D eigenvalue weighted by Gasteiger charge is -2.42.